The minimum Gasteiger partial charge on any atom is -0.450 e. The molecule has 132 valence electrons. The van der Waals surface area contributed by atoms with Crippen LogP contribution in [0.2, 0.25) is 0 Å². The Labute approximate surface area is 157 Å². The topological polar surface area (TPSA) is 94.5 Å². The number of halogens is 2. The number of amides is 1. The van der Waals surface area contributed by atoms with Gasteiger partial charge in [0.25, 0.3) is 0 Å². The number of aromatic nitrogens is 2. The summed E-state index contributed by atoms with van der Waals surface area (Å²) in [5, 5.41) is 2.57. The minimum absolute atomic E-state index is 0.250. The second-order valence-electron chi connectivity index (χ2n) is 5.83. The predicted octanol–water partition coefficient (Wildman–Crippen LogP) is 2.83. The zero-order chi connectivity index (χ0) is 18.2. The summed E-state index contributed by atoms with van der Waals surface area (Å²) in [7, 11) is 0. The highest BCUT2D eigenvalue weighted by atomic mass is 127. The van der Waals surface area contributed by atoms with E-state index in [1.807, 2.05) is 10.8 Å². The number of aliphatic imine (C=N–C) groups is 1. The Morgan fingerprint density at radius 3 is 3.04 bits per heavy atom. The van der Waals surface area contributed by atoms with E-state index in [0.717, 1.165) is 3.70 Å². The van der Waals surface area contributed by atoms with Gasteiger partial charge < -0.3 is 15.0 Å². The van der Waals surface area contributed by atoms with Crippen molar-refractivity contribution in [2.75, 3.05) is 11.9 Å². The lowest BCUT2D eigenvalue weighted by Crippen LogP contribution is -2.37. The van der Waals surface area contributed by atoms with Crippen LogP contribution in [-0.2, 0) is 16.8 Å². The van der Waals surface area contributed by atoms with Gasteiger partial charge in [-0.05, 0) is 54.6 Å². The summed E-state index contributed by atoms with van der Waals surface area (Å²) < 4.78 is 22.0. The molecule has 7 nitrogen and oxygen atoms in total. The Hall–Kier alpha value is -2.17. The molecule has 1 unspecified atom stereocenters. The van der Waals surface area contributed by atoms with E-state index in [1.54, 1.807) is 19.9 Å². The molecule has 1 aromatic heterocycles. The molecule has 1 aromatic carbocycles. The molecule has 25 heavy (non-hydrogen) atoms. The lowest BCUT2D eigenvalue weighted by molar-refractivity contribution is 0.168. The minimum atomic E-state index is -0.919. The molecule has 1 atom stereocenters. The van der Waals surface area contributed by atoms with Crippen LogP contribution in [0, 0.1) is 9.52 Å². The number of ether oxygens (including phenoxy) is 1. The molecule has 1 aliphatic rings. The molecule has 0 radical (unpaired) electrons. The molecule has 0 fully saturated rings. The third kappa shape index (κ3) is 3.46. The average molecular weight is 457 g/mol. The van der Waals surface area contributed by atoms with Gasteiger partial charge >= 0.3 is 6.09 Å². The fourth-order valence-corrected chi connectivity index (χ4v) is 3.40. The van der Waals surface area contributed by atoms with Crippen LogP contribution in [0.15, 0.2) is 29.4 Å². The third-order valence-corrected chi connectivity index (χ3v) is 4.41. The Bertz CT molecular complexity index is 866. The van der Waals surface area contributed by atoms with E-state index in [9.17, 15) is 9.18 Å². The Kier molecular flexibility index (Phi) is 4.67. The standard InChI is InChI=1S/C16H17FIN5O2/c1-3-25-15(24)20-9-4-5-11(17)10(6-9)16(2)8-23-7-12(18)21-14(23)13(19)22-16/h4-7H,3,8H2,1-2H3,(H2,19,22)(H,20,24). The maximum absolute atomic E-state index is 14.5. The number of nitrogens with zero attached hydrogens (tertiary/aromatic N) is 3. The summed E-state index contributed by atoms with van der Waals surface area (Å²) in [6.07, 6.45) is 1.25. The number of anilines is 1. The highest BCUT2D eigenvalue weighted by Crippen LogP contribution is 2.34. The molecule has 3 N–H and O–H groups in total. The molecule has 3 rings (SSSR count). The van der Waals surface area contributed by atoms with Crippen LogP contribution in [0.4, 0.5) is 14.9 Å². The fraction of sp³-hybridized carbons (Fsp3) is 0.312. The third-order valence-electron chi connectivity index (χ3n) is 3.89. The van der Waals surface area contributed by atoms with Crippen molar-refractivity contribution in [3.05, 3.63) is 45.3 Å². The molecule has 0 saturated carbocycles. The van der Waals surface area contributed by atoms with E-state index in [2.05, 4.69) is 37.9 Å². The first kappa shape index (κ1) is 17.6. The number of rotatable bonds is 3. The number of benzene rings is 1. The first-order chi connectivity index (χ1) is 11.8. The number of amidine groups is 1. The monoisotopic (exact) mass is 457 g/mol. The van der Waals surface area contributed by atoms with Crippen molar-refractivity contribution >= 4 is 40.2 Å². The summed E-state index contributed by atoms with van der Waals surface area (Å²) in [5.41, 5.74) is 5.87. The van der Waals surface area contributed by atoms with Crippen molar-refractivity contribution in [1.29, 1.82) is 0 Å². The Balaban J connectivity index is 1.98. The van der Waals surface area contributed by atoms with Crippen molar-refractivity contribution in [1.82, 2.24) is 9.55 Å². The molecule has 9 heteroatoms. The van der Waals surface area contributed by atoms with E-state index in [0.29, 0.717) is 23.6 Å². The molecule has 2 aromatic rings. The smallest absolute Gasteiger partial charge is 0.411 e. The number of imidazole rings is 1. The number of hydrogen-bond donors (Lipinski definition) is 2. The molecule has 0 bridgehead atoms. The highest BCUT2D eigenvalue weighted by molar-refractivity contribution is 14.1. The van der Waals surface area contributed by atoms with Gasteiger partial charge in [-0.1, -0.05) is 0 Å². The number of carbonyl (C=O) groups is 1. The highest BCUT2D eigenvalue weighted by Gasteiger charge is 2.35. The van der Waals surface area contributed by atoms with E-state index in [1.165, 1.54) is 12.1 Å². The van der Waals surface area contributed by atoms with Gasteiger partial charge in [-0.15, -0.1) is 0 Å². The van der Waals surface area contributed by atoms with E-state index >= 15 is 0 Å². The summed E-state index contributed by atoms with van der Waals surface area (Å²) in [4.78, 5) is 20.4. The van der Waals surface area contributed by atoms with Gasteiger partial charge in [0.2, 0.25) is 0 Å². The van der Waals surface area contributed by atoms with Gasteiger partial charge in [0.05, 0.1) is 13.2 Å². The second-order valence-corrected chi connectivity index (χ2v) is 6.93. The van der Waals surface area contributed by atoms with Gasteiger partial charge in [-0.3, -0.25) is 10.3 Å². The Morgan fingerprint density at radius 2 is 2.32 bits per heavy atom. The number of carbonyl (C=O) groups excluding carboxylic acids is 1. The maximum atomic E-state index is 14.5. The fourth-order valence-electron chi connectivity index (χ4n) is 2.84. The molecule has 1 amide bonds. The molecule has 2 heterocycles. The van der Waals surface area contributed by atoms with E-state index < -0.39 is 17.4 Å². The van der Waals surface area contributed by atoms with Gasteiger partial charge in [-0.2, -0.15) is 0 Å². The molecule has 1 aliphatic heterocycles. The van der Waals surface area contributed by atoms with Crippen LogP contribution < -0.4 is 11.1 Å². The first-order valence-corrected chi connectivity index (χ1v) is 8.72. The molecular formula is C16H17FIN5O2. The number of nitrogens with two attached hydrogens (primary N) is 1. The molecule has 0 aliphatic carbocycles. The van der Waals surface area contributed by atoms with Crippen LogP contribution in [0.25, 0.3) is 0 Å². The normalized spacial score (nSPS) is 19.1. The van der Waals surface area contributed by atoms with Gasteiger partial charge in [0.15, 0.2) is 11.7 Å². The van der Waals surface area contributed by atoms with Crippen LogP contribution in [0.1, 0.15) is 25.2 Å². The van der Waals surface area contributed by atoms with Gasteiger partial charge in [0.1, 0.15) is 15.1 Å². The van der Waals surface area contributed by atoms with Crippen molar-refractivity contribution in [2.24, 2.45) is 10.7 Å². The van der Waals surface area contributed by atoms with Crippen molar-refractivity contribution in [3.63, 3.8) is 0 Å². The van der Waals surface area contributed by atoms with Gasteiger partial charge in [0, 0.05) is 17.4 Å². The molecule has 0 saturated heterocycles. The molecular weight excluding hydrogens is 440 g/mol. The van der Waals surface area contributed by atoms with Crippen LogP contribution in [0.3, 0.4) is 0 Å². The summed E-state index contributed by atoms with van der Waals surface area (Å²) >= 11 is 2.09. The van der Waals surface area contributed by atoms with Crippen LogP contribution in [0.5, 0.6) is 0 Å². The number of fused-ring (bicyclic) bond motifs is 1. The zero-order valence-corrected chi connectivity index (χ0v) is 15.9. The van der Waals surface area contributed by atoms with Crippen molar-refractivity contribution in [3.8, 4) is 0 Å². The summed E-state index contributed by atoms with van der Waals surface area (Å²) in [6.45, 7) is 4.14. The zero-order valence-electron chi connectivity index (χ0n) is 13.7. The first-order valence-electron chi connectivity index (χ1n) is 7.64. The number of hydrogen-bond acceptors (Lipinski definition) is 5. The summed E-state index contributed by atoms with van der Waals surface area (Å²) in [6, 6.07) is 4.32. The van der Waals surface area contributed by atoms with E-state index in [4.69, 9.17) is 10.5 Å². The average Bonchev–Trinajstić information content (AvgIpc) is 2.90. The quantitative estimate of drug-likeness (QED) is 0.694. The second kappa shape index (κ2) is 6.62. The van der Waals surface area contributed by atoms with E-state index in [-0.39, 0.29) is 12.4 Å². The molecule has 0 spiro atoms. The number of nitrogens with one attached hydrogen (secondary N) is 1. The van der Waals surface area contributed by atoms with Crippen molar-refractivity contribution < 1.29 is 13.9 Å². The van der Waals surface area contributed by atoms with Crippen molar-refractivity contribution in [2.45, 2.75) is 25.9 Å². The Morgan fingerprint density at radius 1 is 1.56 bits per heavy atom. The lowest BCUT2D eigenvalue weighted by atomic mass is 9.90. The lowest BCUT2D eigenvalue weighted by Gasteiger charge is -2.31. The van der Waals surface area contributed by atoms with Crippen LogP contribution >= 0.6 is 22.6 Å². The predicted molar refractivity (Wildman–Crippen MR) is 100 cm³/mol. The van der Waals surface area contributed by atoms with Crippen LogP contribution in [-0.4, -0.2) is 28.1 Å². The summed E-state index contributed by atoms with van der Waals surface area (Å²) in [5.74, 6) is 0.398. The van der Waals surface area contributed by atoms with Gasteiger partial charge in [-0.25, -0.2) is 14.2 Å². The largest absolute Gasteiger partial charge is 0.450 e. The SMILES string of the molecule is CCOC(=O)Nc1ccc(F)c(C2(C)Cn3cc(I)nc3C(N)=N2)c1. The maximum Gasteiger partial charge on any atom is 0.411 e.